The highest BCUT2D eigenvalue weighted by Gasteiger charge is 2.17. The van der Waals surface area contributed by atoms with Gasteiger partial charge < -0.3 is 16.8 Å². The Bertz CT molecular complexity index is 814. The molecule has 0 radical (unpaired) electrons. The summed E-state index contributed by atoms with van der Waals surface area (Å²) in [5.41, 5.74) is 13.3. The average molecular weight is 365 g/mol. The van der Waals surface area contributed by atoms with Gasteiger partial charge >= 0.3 is 0 Å². The number of nitrogens with zero attached hydrogens (tertiary/aromatic N) is 2. The first-order chi connectivity index (χ1) is 12.6. The summed E-state index contributed by atoms with van der Waals surface area (Å²) < 4.78 is 0. The Hall–Kier alpha value is -3.06. The predicted molar refractivity (Wildman–Crippen MR) is 104 cm³/mol. The van der Waals surface area contributed by atoms with Crippen LogP contribution in [0.25, 0.3) is 0 Å². The van der Waals surface area contributed by atoms with Crippen molar-refractivity contribution < 1.29 is 4.79 Å². The van der Waals surface area contributed by atoms with Crippen molar-refractivity contribution in [1.82, 2.24) is 15.3 Å². The van der Waals surface area contributed by atoms with E-state index in [0.717, 1.165) is 11.1 Å². The van der Waals surface area contributed by atoms with Crippen LogP contribution in [-0.4, -0.2) is 21.6 Å². The zero-order chi connectivity index (χ0) is 18.4. The Morgan fingerprint density at radius 2 is 1.42 bits per heavy atom. The second-order valence-corrected chi connectivity index (χ2v) is 6.55. The van der Waals surface area contributed by atoms with Gasteiger partial charge in [-0.25, -0.2) is 9.97 Å². The van der Waals surface area contributed by atoms with Crippen molar-refractivity contribution >= 4 is 29.3 Å². The number of nitrogens with one attached hydrogen (secondary N) is 1. The van der Waals surface area contributed by atoms with E-state index >= 15 is 0 Å². The monoisotopic (exact) mass is 365 g/mol. The molecule has 0 unspecified atom stereocenters. The number of hydrogen-bond donors (Lipinski definition) is 3. The van der Waals surface area contributed by atoms with Crippen molar-refractivity contribution in [2.24, 2.45) is 0 Å². The summed E-state index contributed by atoms with van der Waals surface area (Å²) in [7, 11) is 0. The molecule has 1 amide bonds. The van der Waals surface area contributed by atoms with Crippen molar-refractivity contribution in [2.45, 2.75) is 11.2 Å². The molecule has 0 saturated carbocycles. The SMILES string of the molecule is Nc1cc(N)nc(SCC(=O)NC(c2ccccc2)c2ccccc2)n1. The molecule has 26 heavy (non-hydrogen) atoms. The van der Waals surface area contributed by atoms with Crippen LogP contribution in [0.4, 0.5) is 11.6 Å². The third kappa shape index (κ3) is 4.73. The lowest BCUT2D eigenvalue weighted by molar-refractivity contribution is -0.119. The fraction of sp³-hybridized carbons (Fsp3) is 0.105. The van der Waals surface area contributed by atoms with Crippen molar-refractivity contribution in [3.8, 4) is 0 Å². The van der Waals surface area contributed by atoms with Crippen LogP contribution >= 0.6 is 11.8 Å². The molecule has 6 nitrogen and oxygen atoms in total. The van der Waals surface area contributed by atoms with Gasteiger partial charge in [0.2, 0.25) is 5.91 Å². The number of nitrogen functional groups attached to an aromatic ring is 2. The van der Waals surface area contributed by atoms with E-state index in [1.165, 1.54) is 17.8 Å². The Labute approximate surface area is 156 Å². The number of nitrogens with two attached hydrogens (primary N) is 2. The molecule has 2 aromatic carbocycles. The van der Waals surface area contributed by atoms with Gasteiger partial charge in [0.25, 0.3) is 0 Å². The van der Waals surface area contributed by atoms with Gasteiger partial charge in [0, 0.05) is 6.07 Å². The van der Waals surface area contributed by atoms with Crippen molar-refractivity contribution in [3.05, 3.63) is 77.9 Å². The topological polar surface area (TPSA) is 107 Å². The standard InChI is InChI=1S/C19H19N5OS/c20-15-11-16(21)23-19(22-15)26-12-17(25)24-18(13-7-3-1-4-8-13)14-9-5-2-6-10-14/h1-11,18H,12H2,(H,24,25)(H4,20,21,22,23). The Morgan fingerprint density at radius 1 is 0.923 bits per heavy atom. The lowest BCUT2D eigenvalue weighted by Crippen LogP contribution is -2.30. The molecule has 1 heterocycles. The molecule has 0 saturated heterocycles. The third-order valence-electron chi connectivity index (χ3n) is 3.65. The maximum atomic E-state index is 12.5. The van der Waals surface area contributed by atoms with Gasteiger partial charge in [-0.15, -0.1) is 0 Å². The van der Waals surface area contributed by atoms with Gasteiger partial charge in [-0.3, -0.25) is 4.79 Å². The largest absolute Gasteiger partial charge is 0.383 e. The molecule has 3 rings (SSSR count). The summed E-state index contributed by atoms with van der Waals surface area (Å²) in [5.74, 6) is 0.606. The fourth-order valence-electron chi connectivity index (χ4n) is 2.51. The van der Waals surface area contributed by atoms with Crippen molar-refractivity contribution in [2.75, 3.05) is 17.2 Å². The predicted octanol–water partition coefficient (Wildman–Crippen LogP) is 2.64. The van der Waals surface area contributed by atoms with Crippen molar-refractivity contribution in [3.63, 3.8) is 0 Å². The summed E-state index contributed by atoms with van der Waals surface area (Å²) in [4.78, 5) is 20.6. The van der Waals surface area contributed by atoms with Gasteiger partial charge in [-0.05, 0) is 11.1 Å². The lowest BCUT2D eigenvalue weighted by atomic mass is 9.99. The van der Waals surface area contributed by atoms with Crippen LogP contribution in [0.15, 0.2) is 71.9 Å². The van der Waals surface area contributed by atoms with Crippen LogP contribution < -0.4 is 16.8 Å². The first kappa shape index (κ1) is 17.8. The molecule has 3 aromatic rings. The molecule has 0 atom stereocenters. The number of carbonyl (C=O) groups is 1. The number of rotatable bonds is 6. The molecule has 0 bridgehead atoms. The quantitative estimate of drug-likeness (QED) is 0.458. The maximum absolute atomic E-state index is 12.5. The van der Waals surface area contributed by atoms with E-state index in [0.29, 0.717) is 5.16 Å². The number of thioether (sulfide) groups is 1. The van der Waals surface area contributed by atoms with Crippen LogP contribution in [0, 0.1) is 0 Å². The second kappa shape index (κ2) is 8.35. The van der Waals surface area contributed by atoms with E-state index < -0.39 is 0 Å². The normalized spacial score (nSPS) is 10.7. The summed E-state index contributed by atoms with van der Waals surface area (Å²) in [6, 6.07) is 20.9. The zero-order valence-electron chi connectivity index (χ0n) is 14.0. The van der Waals surface area contributed by atoms with Gasteiger partial charge in [-0.1, -0.05) is 72.4 Å². The van der Waals surface area contributed by atoms with E-state index in [2.05, 4.69) is 15.3 Å². The first-order valence-electron chi connectivity index (χ1n) is 8.04. The van der Waals surface area contributed by atoms with E-state index in [1.807, 2.05) is 60.7 Å². The Morgan fingerprint density at radius 3 is 1.92 bits per heavy atom. The number of carbonyl (C=O) groups excluding carboxylic acids is 1. The van der Waals surface area contributed by atoms with Crippen LogP contribution in [-0.2, 0) is 4.79 Å². The number of benzene rings is 2. The minimum Gasteiger partial charge on any atom is -0.383 e. The summed E-state index contributed by atoms with van der Waals surface area (Å²) in [6.07, 6.45) is 0. The molecule has 0 fully saturated rings. The zero-order valence-corrected chi connectivity index (χ0v) is 14.8. The van der Waals surface area contributed by atoms with E-state index in [1.54, 1.807) is 0 Å². The molecule has 0 spiro atoms. The lowest BCUT2D eigenvalue weighted by Gasteiger charge is -2.19. The highest BCUT2D eigenvalue weighted by Crippen LogP contribution is 2.22. The molecule has 132 valence electrons. The summed E-state index contributed by atoms with van der Waals surface area (Å²) in [5, 5.41) is 3.45. The minimum atomic E-state index is -0.225. The van der Waals surface area contributed by atoms with Gasteiger partial charge in [0.1, 0.15) is 11.6 Å². The van der Waals surface area contributed by atoms with Gasteiger partial charge in [-0.2, -0.15) is 0 Å². The number of anilines is 2. The highest BCUT2D eigenvalue weighted by atomic mass is 32.2. The smallest absolute Gasteiger partial charge is 0.231 e. The third-order valence-corrected chi connectivity index (χ3v) is 4.50. The molecule has 7 heteroatoms. The average Bonchev–Trinajstić information content (AvgIpc) is 2.65. The van der Waals surface area contributed by atoms with Crippen LogP contribution in [0.3, 0.4) is 0 Å². The first-order valence-corrected chi connectivity index (χ1v) is 9.02. The van der Waals surface area contributed by atoms with E-state index in [9.17, 15) is 4.79 Å². The van der Waals surface area contributed by atoms with E-state index in [4.69, 9.17) is 11.5 Å². The van der Waals surface area contributed by atoms with Gasteiger partial charge in [0.05, 0.1) is 11.8 Å². The summed E-state index contributed by atoms with van der Waals surface area (Å²) >= 11 is 1.19. The molecule has 1 aromatic heterocycles. The molecule has 0 aliphatic heterocycles. The second-order valence-electron chi connectivity index (χ2n) is 5.61. The number of aromatic nitrogens is 2. The van der Waals surface area contributed by atoms with Crippen molar-refractivity contribution in [1.29, 1.82) is 0 Å². The summed E-state index contributed by atoms with van der Waals surface area (Å²) in [6.45, 7) is 0. The highest BCUT2D eigenvalue weighted by molar-refractivity contribution is 7.99. The Kier molecular flexibility index (Phi) is 5.70. The fourth-order valence-corrected chi connectivity index (χ4v) is 3.19. The number of amides is 1. The molecular weight excluding hydrogens is 346 g/mol. The molecule has 5 N–H and O–H groups in total. The molecule has 0 aliphatic carbocycles. The molecule has 0 aliphatic rings. The maximum Gasteiger partial charge on any atom is 0.231 e. The van der Waals surface area contributed by atoms with Crippen LogP contribution in [0.5, 0.6) is 0 Å². The van der Waals surface area contributed by atoms with Crippen LogP contribution in [0.1, 0.15) is 17.2 Å². The van der Waals surface area contributed by atoms with Gasteiger partial charge in [0.15, 0.2) is 5.16 Å². The Balaban J connectivity index is 1.71. The van der Waals surface area contributed by atoms with E-state index in [-0.39, 0.29) is 29.3 Å². The minimum absolute atomic E-state index is 0.127. The van der Waals surface area contributed by atoms with Crippen LogP contribution in [0.2, 0.25) is 0 Å². The molecular formula is C19H19N5OS. The number of hydrogen-bond acceptors (Lipinski definition) is 6.